The summed E-state index contributed by atoms with van der Waals surface area (Å²) >= 11 is 11.4. The van der Waals surface area contributed by atoms with Crippen molar-refractivity contribution in [2.24, 2.45) is 0 Å². The number of fused-ring (bicyclic) bond motifs is 1. The minimum atomic E-state index is -5.81. The zero-order valence-electron chi connectivity index (χ0n) is 9.69. The van der Waals surface area contributed by atoms with Gasteiger partial charge in [0.2, 0.25) is 5.82 Å². The number of benzene rings is 1. The molecule has 0 atom stereocenters. The number of hydrogen-bond donors (Lipinski definition) is 0. The maximum Gasteiger partial charge on any atom is 0.461 e. The van der Waals surface area contributed by atoms with Crippen LogP contribution >= 0.6 is 23.2 Å². The van der Waals surface area contributed by atoms with Gasteiger partial charge in [0.25, 0.3) is 0 Å². The van der Waals surface area contributed by atoms with Gasteiger partial charge in [-0.2, -0.15) is 22.0 Å². The molecule has 1 aromatic heterocycles. The number of hydrogen-bond acceptors (Lipinski definition) is 2. The van der Waals surface area contributed by atoms with Crippen molar-refractivity contribution in [2.45, 2.75) is 19.0 Å². The van der Waals surface area contributed by atoms with Crippen LogP contribution in [0.3, 0.4) is 0 Å². The van der Waals surface area contributed by atoms with E-state index in [0.717, 1.165) is 0 Å². The molecule has 1 aromatic carbocycles. The van der Waals surface area contributed by atoms with E-state index < -0.39 is 23.1 Å². The maximum atomic E-state index is 13.3. The van der Waals surface area contributed by atoms with Crippen molar-refractivity contribution in [3.8, 4) is 0 Å². The highest BCUT2D eigenvalue weighted by atomic mass is 35.5. The van der Waals surface area contributed by atoms with Crippen LogP contribution in [0.5, 0.6) is 0 Å². The van der Waals surface area contributed by atoms with Gasteiger partial charge in [-0.1, -0.05) is 23.2 Å². The van der Waals surface area contributed by atoms with Crippen molar-refractivity contribution in [3.05, 3.63) is 33.7 Å². The zero-order chi connectivity index (χ0) is 15.3. The van der Waals surface area contributed by atoms with Crippen LogP contribution in [0.15, 0.2) is 12.1 Å². The summed E-state index contributed by atoms with van der Waals surface area (Å²) in [6.45, 7) is 1.43. The van der Waals surface area contributed by atoms with E-state index in [-0.39, 0.29) is 21.5 Å². The molecule has 0 saturated carbocycles. The summed E-state index contributed by atoms with van der Waals surface area (Å²) in [5.41, 5.74) is 0.101. The Kier molecular flexibility index (Phi) is 3.54. The lowest BCUT2D eigenvalue weighted by Crippen LogP contribution is -2.35. The molecule has 108 valence electrons. The Balaban J connectivity index is 2.79. The first-order chi connectivity index (χ1) is 9.05. The molecular formula is C11H5Cl2F5N2. The number of aryl methyl sites for hydroxylation is 1. The Morgan fingerprint density at radius 3 is 2.15 bits per heavy atom. The second-order valence-corrected chi connectivity index (χ2v) is 4.74. The van der Waals surface area contributed by atoms with Gasteiger partial charge in [0, 0.05) is 10.4 Å². The monoisotopic (exact) mass is 330 g/mol. The van der Waals surface area contributed by atoms with E-state index in [1.807, 2.05) is 0 Å². The molecule has 9 heteroatoms. The zero-order valence-corrected chi connectivity index (χ0v) is 11.2. The van der Waals surface area contributed by atoms with Gasteiger partial charge in [0.05, 0.1) is 5.52 Å². The van der Waals surface area contributed by atoms with Crippen molar-refractivity contribution >= 4 is 34.1 Å². The fourth-order valence-corrected chi connectivity index (χ4v) is 1.92. The Bertz CT molecular complexity index is 685. The molecule has 0 spiro atoms. The summed E-state index contributed by atoms with van der Waals surface area (Å²) in [6, 6.07) is 2.78. The molecule has 0 aliphatic heterocycles. The average molecular weight is 331 g/mol. The van der Waals surface area contributed by atoms with Crippen LogP contribution in [0.1, 0.15) is 11.4 Å². The molecule has 2 rings (SSSR count). The first kappa shape index (κ1) is 15.2. The van der Waals surface area contributed by atoms with Crippen molar-refractivity contribution in [1.82, 2.24) is 9.97 Å². The molecule has 0 N–H and O–H groups in total. The van der Waals surface area contributed by atoms with Gasteiger partial charge in [-0.3, -0.25) is 0 Å². The van der Waals surface area contributed by atoms with Crippen LogP contribution in [0.2, 0.25) is 10.2 Å². The number of aromatic nitrogens is 2. The Hall–Kier alpha value is -1.21. The Labute approximate surface area is 119 Å². The van der Waals surface area contributed by atoms with E-state index in [4.69, 9.17) is 23.2 Å². The van der Waals surface area contributed by atoms with Crippen LogP contribution in [-0.4, -0.2) is 16.1 Å². The molecule has 0 unspecified atom stereocenters. The van der Waals surface area contributed by atoms with Gasteiger partial charge in [-0.25, -0.2) is 9.97 Å². The first-order valence-corrected chi connectivity index (χ1v) is 5.88. The molecule has 0 radical (unpaired) electrons. The lowest BCUT2D eigenvalue weighted by molar-refractivity contribution is -0.292. The lowest BCUT2D eigenvalue weighted by atomic mass is 10.1. The Morgan fingerprint density at radius 1 is 1.00 bits per heavy atom. The third-order valence-electron chi connectivity index (χ3n) is 2.65. The number of nitrogens with zero attached hydrogens (tertiary/aromatic N) is 2. The predicted octanol–water partition coefficient (Wildman–Crippen LogP) is 4.90. The van der Waals surface area contributed by atoms with Gasteiger partial charge < -0.3 is 0 Å². The van der Waals surface area contributed by atoms with E-state index in [1.165, 1.54) is 19.1 Å². The second kappa shape index (κ2) is 4.66. The molecule has 2 aromatic rings. The van der Waals surface area contributed by atoms with Gasteiger partial charge in [-0.05, 0) is 24.6 Å². The van der Waals surface area contributed by atoms with Gasteiger partial charge in [-0.15, -0.1) is 0 Å². The molecule has 1 heterocycles. The minimum Gasteiger partial charge on any atom is -0.226 e. The molecule has 0 bridgehead atoms. The van der Waals surface area contributed by atoms with Crippen molar-refractivity contribution in [2.75, 3.05) is 0 Å². The molecule has 20 heavy (non-hydrogen) atoms. The Morgan fingerprint density at radius 2 is 1.60 bits per heavy atom. The molecule has 0 fully saturated rings. The number of alkyl halides is 5. The van der Waals surface area contributed by atoms with Crippen LogP contribution in [0.25, 0.3) is 10.9 Å². The normalized spacial score (nSPS) is 13.0. The first-order valence-electron chi connectivity index (χ1n) is 5.13. The SMILES string of the molecule is Cc1c(Cl)ccc2c(Cl)nc(C(F)(F)C(F)(F)F)nc12. The summed E-state index contributed by atoms with van der Waals surface area (Å²) in [4.78, 5) is 6.34. The molecule has 0 aliphatic carbocycles. The standard InChI is InChI=1S/C11H5Cl2F5N2/c1-4-6(12)3-2-5-7(4)19-9(20-8(5)13)10(14,15)11(16,17)18/h2-3H,1H3. The largest absolute Gasteiger partial charge is 0.461 e. The minimum absolute atomic E-state index is 0.142. The highest BCUT2D eigenvalue weighted by Crippen LogP contribution is 2.43. The summed E-state index contributed by atoms with van der Waals surface area (Å²) in [6.07, 6.45) is -5.81. The van der Waals surface area contributed by atoms with Gasteiger partial charge >= 0.3 is 12.1 Å². The fraction of sp³-hybridized carbons (Fsp3) is 0.273. The molecular weight excluding hydrogens is 326 g/mol. The smallest absolute Gasteiger partial charge is 0.226 e. The van der Waals surface area contributed by atoms with Crippen LogP contribution in [0.4, 0.5) is 22.0 Å². The van der Waals surface area contributed by atoms with Crippen LogP contribution in [-0.2, 0) is 5.92 Å². The quantitative estimate of drug-likeness (QED) is 0.549. The lowest BCUT2D eigenvalue weighted by Gasteiger charge is -2.18. The average Bonchev–Trinajstić information content (AvgIpc) is 2.32. The highest BCUT2D eigenvalue weighted by Gasteiger charge is 2.61. The van der Waals surface area contributed by atoms with Crippen LogP contribution in [0, 0.1) is 6.92 Å². The summed E-state index contributed by atoms with van der Waals surface area (Å²) in [5.74, 6) is -6.90. The third-order valence-corrected chi connectivity index (χ3v) is 3.34. The van der Waals surface area contributed by atoms with E-state index >= 15 is 0 Å². The molecule has 0 aliphatic rings. The third kappa shape index (κ3) is 2.29. The molecule has 0 saturated heterocycles. The second-order valence-electron chi connectivity index (χ2n) is 3.98. The van der Waals surface area contributed by atoms with Crippen molar-refractivity contribution in [1.29, 1.82) is 0 Å². The summed E-state index contributed by atoms with van der Waals surface area (Å²) < 4.78 is 63.5. The summed E-state index contributed by atoms with van der Waals surface area (Å²) in [5, 5.41) is -0.169. The number of halogens is 7. The van der Waals surface area contributed by atoms with Gasteiger partial charge in [0.1, 0.15) is 5.15 Å². The molecule has 0 amide bonds. The van der Waals surface area contributed by atoms with Crippen LogP contribution < -0.4 is 0 Å². The highest BCUT2D eigenvalue weighted by molar-refractivity contribution is 6.35. The maximum absolute atomic E-state index is 13.3. The van der Waals surface area contributed by atoms with E-state index in [1.54, 1.807) is 0 Å². The summed E-state index contributed by atoms with van der Waals surface area (Å²) in [7, 11) is 0. The van der Waals surface area contributed by atoms with E-state index in [0.29, 0.717) is 0 Å². The predicted molar refractivity (Wildman–Crippen MR) is 64.2 cm³/mol. The fourth-order valence-electron chi connectivity index (χ4n) is 1.54. The van der Waals surface area contributed by atoms with Crippen molar-refractivity contribution in [3.63, 3.8) is 0 Å². The van der Waals surface area contributed by atoms with Gasteiger partial charge in [0.15, 0.2) is 0 Å². The van der Waals surface area contributed by atoms with Crippen molar-refractivity contribution < 1.29 is 22.0 Å². The topological polar surface area (TPSA) is 25.8 Å². The van der Waals surface area contributed by atoms with E-state index in [9.17, 15) is 22.0 Å². The van der Waals surface area contributed by atoms with E-state index in [2.05, 4.69) is 9.97 Å². The molecule has 2 nitrogen and oxygen atoms in total. The number of rotatable bonds is 1.